The summed E-state index contributed by atoms with van der Waals surface area (Å²) in [6.45, 7) is 5.24. The molecule has 0 aromatic carbocycles. The topological polar surface area (TPSA) is 26.3 Å². The van der Waals surface area contributed by atoms with Crippen molar-refractivity contribution in [2.24, 2.45) is 0 Å². The van der Waals surface area contributed by atoms with E-state index in [-0.39, 0.29) is 11.9 Å². The summed E-state index contributed by atoms with van der Waals surface area (Å²) < 4.78 is 4.94. The minimum absolute atomic E-state index is 0.107. The maximum Gasteiger partial charge on any atom is 0.158 e. The summed E-state index contributed by atoms with van der Waals surface area (Å²) in [7, 11) is 1.56. The van der Waals surface area contributed by atoms with Gasteiger partial charge in [0, 0.05) is 7.11 Å². The maximum atomic E-state index is 10.7. The molecule has 0 aliphatic rings. The Bertz CT molecular complexity index is 99.4. The van der Waals surface area contributed by atoms with Crippen LogP contribution in [0.25, 0.3) is 0 Å². The molecule has 0 spiro atoms. The molecule has 0 aromatic heterocycles. The summed E-state index contributed by atoms with van der Waals surface area (Å²) in [6, 6.07) is 0. The van der Waals surface area contributed by atoms with Gasteiger partial charge in [0.2, 0.25) is 0 Å². The largest absolute Gasteiger partial charge is 0.374 e. The van der Waals surface area contributed by atoms with Gasteiger partial charge in [-0.3, -0.25) is 4.79 Å². The number of ether oxygens (including phenoxy) is 1. The molecule has 0 saturated carbocycles. The molecule has 59 valence electrons. The highest BCUT2D eigenvalue weighted by Crippen LogP contribution is 2.03. The van der Waals surface area contributed by atoms with Gasteiger partial charge in [-0.15, -0.1) is 0 Å². The minimum atomic E-state index is -0.207. The molecule has 0 N–H and O–H groups in total. The van der Waals surface area contributed by atoms with E-state index in [2.05, 4.69) is 6.92 Å². The summed E-state index contributed by atoms with van der Waals surface area (Å²) in [5, 5.41) is 0. The van der Waals surface area contributed by atoms with E-state index >= 15 is 0 Å². The predicted octanol–water partition coefficient (Wildman–Crippen LogP) is 1.59. The Hall–Kier alpha value is -0.370. The smallest absolute Gasteiger partial charge is 0.158 e. The second-order valence-corrected chi connectivity index (χ2v) is 2.33. The van der Waals surface area contributed by atoms with Gasteiger partial charge >= 0.3 is 0 Å². The maximum absolute atomic E-state index is 10.7. The molecule has 0 amide bonds. The first kappa shape index (κ1) is 9.63. The van der Waals surface area contributed by atoms with Crippen molar-refractivity contribution in [1.82, 2.24) is 0 Å². The number of carbonyl (C=O) groups is 1. The predicted molar refractivity (Wildman–Crippen MR) is 40.7 cm³/mol. The van der Waals surface area contributed by atoms with Crippen LogP contribution in [0.1, 0.15) is 26.2 Å². The second kappa shape index (κ2) is 5.42. The molecule has 10 heavy (non-hydrogen) atoms. The van der Waals surface area contributed by atoms with E-state index in [1.807, 2.05) is 0 Å². The summed E-state index contributed by atoms with van der Waals surface area (Å²) in [5.74, 6) is 0.107. The summed E-state index contributed by atoms with van der Waals surface area (Å²) in [5.41, 5.74) is 0. The Balaban J connectivity index is 3.50. The fraction of sp³-hybridized carbons (Fsp3) is 0.750. The van der Waals surface area contributed by atoms with Crippen LogP contribution in [-0.4, -0.2) is 19.0 Å². The fourth-order valence-electron chi connectivity index (χ4n) is 0.817. The monoisotopic (exact) mass is 143 g/mol. The van der Waals surface area contributed by atoms with Gasteiger partial charge in [-0.05, 0) is 13.3 Å². The number of ketones is 1. The third-order valence-corrected chi connectivity index (χ3v) is 1.45. The highest BCUT2D eigenvalue weighted by Gasteiger charge is 2.10. The number of unbranched alkanes of at least 4 members (excludes halogenated alkanes) is 1. The fourth-order valence-corrected chi connectivity index (χ4v) is 0.817. The van der Waals surface area contributed by atoms with Gasteiger partial charge in [-0.2, -0.15) is 0 Å². The highest BCUT2D eigenvalue weighted by molar-refractivity contribution is 5.80. The van der Waals surface area contributed by atoms with E-state index in [0.29, 0.717) is 0 Å². The lowest BCUT2D eigenvalue weighted by atomic mass is 10.1. The van der Waals surface area contributed by atoms with Gasteiger partial charge in [-0.25, -0.2) is 0 Å². The summed E-state index contributed by atoms with van der Waals surface area (Å²) in [4.78, 5) is 10.7. The van der Waals surface area contributed by atoms with Gasteiger partial charge in [-0.1, -0.05) is 19.8 Å². The number of methoxy groups -OCH3 is 1. The zero-order valence-electron chi connectivity index (χ0n) is 6.72. The molecule has 0 saturated heterocycles. The standard InChI is InChI=1S/C8H15O2/c1-4-5-6-8(10-3)7(2)9/h8H,1,4-6H2,2-3H3. The first-order valence-electron chi connectivity index (χ1n) is 3.54. The van der Waals surface area contributed by atoms with Crippen LogP contribution in [0.4, 0.5) is 0 Å². The zero-order valence-corrected chi connectivity index (χ0v) is 6.72. The van der Waals surface area contributed by atoms with E-state index in [9.17, 15) is 4.79 Å². The van der Waals surface area contributed by atoms with E-state index in [1.54, 1.807) is 14.0 Å². The van der Waals surface area contributed by atoms with E-state index < -0.39 is 0 Å². The van der Waals surface area contributed by atoms with Gasteiger partial charge in [0.25, 0.3) is 0 Å². The minimum Gasteiger partial charge on any atom is -0.374 e. The van der Waals surface area contributed by atoms with Crippen LogP contribution in [0, 0.1) is 6.92 Å². The molecule has 0 heterocycles. The quantitative estimate of drug-likeness (QED) is 0.584. The van der Waals surface area contributed by atoms with Crippen molar-refractivity contribution < 1.29 is 9.53 Å². The molecular weight excluding hydrogens is 128 g/mol. The average molecular weight is 143 g/mol. The van der Waals surface area contributed by atoms with Gasteiger partial charge in [0.1, 0.15) is 6.10 Å². The molecule has 1 atom stereocenters. The lowest BCUT2D eigenvalue weighted by molar-refractivity contribution is -0.126. The van der Waals surface area contributed by atoms with Crippen molar-refractivity contribution in [3.8, 4) is 0 Å². The molecule has 2 nitrogen and oxygen atoms in total. The number of Topliss-reactive ketones (excluding diaryl/α,β-unsaturated/α-hetero) is 1. The summed E-state index contributed by atoms with van der Waals surface area (Å²) in [6.07, 6.45) is 2.42. The van der Waals surface area contributed by atoms with E-state index in [0.717, 1.165) is 19.3 Å². The molecule has 0 fully saturated rings. The van der Waals surface area contributed by atoms with Crippen molar-refractivity contribution in [3.63, 3.8) is 0 Å². The number of hydrogen-bond acceptors (Lipinski definition) is 2. The molecule has 0 bridgehead atoms. The van der Waals surface area contributed by atoms with E-state index in [1.165, 1.54) is 0 Å². The van der Waals surface area contributed by atoms with E-state index in [4.69, 9.17) is 4.74 Å². The lowest BCUT2D eigenvalue weighted by Gasteiger charge is -2.09. The van der Waals surface area contributed by atoms with Crippen molar-refractivity contribution in [2.45, 2.75) is 32.3 Å². The molecule has 0 rings (SSSR count). The van der Waals surface area contributed by atoms with Crippen molar-refractivity contribution in [1.29, 1.82) is 0 Å². The highest BCUT2D eigenvalue weighted by atomic mass is 16.5. The third kappa shape index (κ3) is 3.62. The van der Waals surface area contributed by atoms with Gasteiger partial charge < -0.3 is 4.74 Å². The van der Waals surface area contributed by atoms with Crippen LogP contribution >= 0.6 is 0 Å². The Labute approximate surface area is 62.6 Å². The van der Waals surface area contributed by atoms with Gasteiger partial charge in [0.05, 0.1) is 0 Å². The average Bonchev–Trinajstić information content (AvgIpc) is 1.89. The number of rotatable bonds is 5. The number of hydrogen-bond donors (Lipinski definition) is 0. The molecular formula is C8H15O2. The molecule has 0 aliphatic heterocycles. The summed E-state index contributed by atoms with van der Waals surface area (Å²) >= 11 is 0. The van der Waals surface area contributed by atoms with Crippen LogP contribution in [0.3, 0.4) is 0 Å². The molecule has 0 aromatic rings. The van der Waals surface area contributed by atoms with Crippen molar-refractivity contribution >= 4 is 5.78 Å². The Morgan fingerprint density at radius 2 is 2.30 bits per heavy atom. The Morgan fingerprint density at radius 1 is 1.70 bits per heavy atom. The Kier molecular flexibility index (Phi) is 5.22. The lowest BCUT2D eigenvalue weighted by Crippen LogP contribution is -2.19. The first-order valence-corrected chi connectivity index (χ1v) is 3.54. The van der Waals surface area contributed by atoms with Crippen LogP contribution in [-0.2, 0) is 9.53 Å². The van der Waals surface area contributed by atoms with Crippen molar-refractivity contribution in [2.75, 3.05) is 7.11 Å². The van der Waals surface area contributed by atoms with Gasteiger partial charge in [0.15, 0.2) is 5.78 Å². The van der Waals surface area contributed by atoms with Crippen molar-refractivity contribution in [3.05, 3.63) is 6.92 Å². The van der Waals surface area contributed by atoms with Crippen LogP contribution in [0.15, 0.2) is 0 Å². The first-order chi connectivity index (χ1) is 4.72. The van der Waals surface area contributed by atoms with Crippen LogP contribution < -0.4 is 0 Å². The molecule has 2 heteroatoms. The molecule has 1 unspecified atom stereocenters. The number of carbonyl (C=O) groups excluding carboxylic acids is 1. The zero-order chi connectivity index (χ0) is 7.98. The molecule has 0 aliphatic carbocycles. The van der Waals surface area contributed by atoms with Crippen LogP contribution in [0.2, 0.25) is 0 Å². The Morgan fingerprint density at radius 3 is 2.60 bits per heavy atom. The molecule has 1 radical (unpaired) electrons. The SMILES string of the molecule is [CH2]CCCC(OC)C(C)=O. The van der Waals surface area contributed by atoms with Crippen LogP contribution in [0.5, 0.6) is 0 Å². The second-order valence-electron chi connectivity index (χ2n) is 2.33. The third-order valence-electron chi connectivity index (χ3n) is 1.45. The normalized spacial score (nSPS) is 13.1.